The average molecular weight is 391 g/mol. The second-order valence-corrected chi connectivity index (χ2v) is 10.0. The van der Waals surface area contributed by atoms with Crippen LogP contribution in [0.25, 0.3) is 0 Å². The molecule has 1 fully saturated rings. The molecule has 27 heavy (non-hydrogen) atoms. The van der Waals surface area contributed by atoms with Crippen molar-refractivity contribution in [1.29, 1.82) is 0 Å². The average Bonchev–Trinajstić information content (AvgIpc) is 3.00. The first-order valence-electron chi connectivity index (χ1n) is 9.60. The fourth-order valence-electron chi connectivity index (χ4n) is 5.32. The quantitative estimate of drug-likeness (QED) is 0.774. The van der Waals surface area contributed by atoms with Gasteiger partial charge in [-0.15, -0.1) is 17.8 Å². The maximum absolute atomic E-state index is 12.8. The van der Waals surface area contributed by atoms with Crippen LogP contribution >= 0.6 is 11.3 Å². The van der Waals surface area contributed by atoms with E-state index in [2.05, 4.69) is 12.8 Å². The van der Waals surface area contributed by atoms with Crippen molar-refractivity contribution in [2.24, 2.45) is 16.7 Å². The van der Waals surface area contributed by atoms with Gasteiger partial charge in [-0.05, 0) is 37.5 Å². The lowest BCUT2D eigenvalue weighted by molar-refractivity contribution is -0.146. The Kier molecular flexibility index (Phi) is 5.42. The molecule has 0 saturated heterocycles. The second kappa shape index (κ2) is 7.20. The molecule has 1 aromatic rings. The smallest absolute Gasteiger partial charge is 0.223 e. The van der Waals surface area contributed by atoms with Crippen LogP contribution in [0.1, 0.15) is 54.6 Å². The van der Waals surface area contributed by atoms with E-state index in [0.717, 1.165) is 23.5 Å². The molecule has 0 spiro atoms. The topological polar surface area (TPSA) is 73.7 Å². The summed E-state index contributed by atoms with van der Waals surface area (Å²) >= 11 is 1.67. The number of carbonyl (C=O) groups is 1. The molecule has 0 aromatic carbocycles. The number of hydrogen-bond donors (Lipinski definition) is 2. The maximum atomic E-state index is 12.8. The monoisotopic (exact) mass is 390 g/mol. The summed E-state index contributed by atoms with van der Waals surface area (Å²) in [6, 6.07) is 0. The summed E-state index contributed by atoms with van der Waals surface area (Å²) in [5.41, 5.74) is 0.265. The minimum Gasteiger partial charge on any atom is -0.396 e. The standard InChI is InChI=1S/C21H30N2O3S/c1-6-9-23(5)18(26)10-14-19-15(27-13(2)22-19)11-16-20(14,3)8-7-17(25)21(16,4)12-24/h1,14,16-17,24-25H,7-12H2,2-5H3/t14-,16+,17-,20+,21+/m1/s1. The van der Waals surface area contributed by atoms with E-state index < -0.39 is 11.5 Å². The number of aryl methyl sites for hydroxylation is 1. The van der Waals surface area contributed by atoms with Crippen LogP contribution in [0.3, 0.4) is 0 Å². The van der Waals surface area contributed by atoms with Crippen LogP contribution in [0.5, 0.6) is 0 Å². The first kappa shape index (κ1) is 20.3. The van der Waals surface area contributed by atoms with E-state index in [4.69, 9.17) is 11.4 Å². The Hall–Kier alpha value is -1.42. The number of aliphatic hydroxyl groups excluding tert-OH is 2. The summed E-state index contributed by atoms with van der Waals surface area (Å²) in [6.07, 6.45) is 7.46. The molecule has 3 rings (SSSR count). The molecule has 2 aliphatic rings. The van der Waals surface area contributed by atoms with Crippen LogP contribution in [0.4, 0.5) is 0 Å². The third-order valence-corrected chi connectivity index (χ3v) is 8.14. The summed E-state index contributed by atoms with van der Waals surface area (Å²) in [5, 5.41) is 21.9. The van der Waals surface area contributed by atoms with E-state index in [1.54, 1.807) is 23.3 Å². The Morgan fingerprint density at radius 1 is 1.48 bits per heavy atom. The molecule has 5 atom stereocenters. The van der Waals surface area contributed by atoms with Gasteiger partial charge in [-0.1, -0.05) is 19.8 Å². The van der Waals surface area contributed by atoms with Crippen LogP contribution in [-0.4, -0.2) is 52.3 Å². The van der Waals surface area contributed by atoms with Gasteiger partial charge in [-0.2, -0.15) is 0 Å². The highest BCUT2D eigenvalue weighted by molar-refractivity contribution is 7.11. The lowest BCUT2D eigenvalue weighted by atomic mass is 9.47. The normalized spacial score (nSPS) is 35.1. The van der Waals surface area contributed by atoms with Gasteiger partial charge in [0.05, 0.1) is 30.0 Å². The highest BCUT2D eigenvalue weighted by Crippen LogP contribution is 2.62. The van der Waals surface area contributed by atoms with E-state index in [9.17, 15) is 15.0 Å². The Morgan fingerprint density at radius 2 is 2.19 bits per heavy atom. The largest absolute Gasteiger partial charge is 0.396 e. The first-order chi connectivity index (χ1) is 12.7. The van der Waals surface area contributed by atoms with E-state index in [1.165, 1.54) is 4.88 Å². The van der Waals surface area contributed by atoms with Gasteiger partial charge in [0.25, 0.3) is 0 Å². The number of nitrogens with zero attached hydrogens (tertiary/aromatic N) is 2. The van der Waals surface area contributed by atoms with Crippen molar-refractivity contribution in [2.75, 3.05) is 20.2 Å². The third-order valence-electron chi connectivity index (χ3n) is 7.13. The molecule has 5 nitrogen and oxygen atoms in total. The number of thiazole rings is 1. The number of hydrogen-bond acceptors (Lipinski definition) is 5. The van der Waals surface area contributed by atoms with E-state index in [1.807, 2.05) is 13.8 Å². The molecule has 148 valence electrons. The number of carbonyl (C=O) groups excluding carboxylic acids is 1. The van der Waals surface area contributed by atoms with Crippen molar-refractivity contribution < 1.29 is 15.0 Å². The van der Waals surface area contributed by atoms with Crippen LogP contribution in [0, 0.1) is 36.0 Å². The lowest BCUT2D eigenvalue weighted by Gasteiger charge is -2.58. The zero-order valence-corrected chi connectivity index (χ0v) is 17.5. The number of aliphatic hydroxyl groups is 2. The molecule has 0 radical (unpaired) electrons. The minimum absolute atomic E-state index is 0.0215. The molecular weight excluding hydrogens is 360 g/mol. The number of terminal acetylenes is 1. The fourth-order valence-corrected chi connectivity index (χ4v) is 6.37. The summed E-state index contributed by atoms with van der Waals surface area (Å²) in [5.74, 6) is 2.62. The van der Waals surface area contributed by atoms with Crippen LogP contribution < -0.4 is 0 Å². The van der Waals surface area contributed by atoms with Crippen molar-refractivity contribution in [2.45, 2.75) is 58.5 Å². The first-order valence-corrected chi connectivity index (χ1v) is 10.4. The van der Waals surface area contributed by atoms with E-state index >= 15 is 0 Å². The SMILES string of the molecule is C#CCN(C)C(=O)C[C@@H]1c2nc(C)sc2C[C@@H]2[C@](C)(CO)[C@H](O)CC[C@]21C. The minimum atomic E-state index is -0.575. The lowest BCUT2D eigenvalue weighted by Crippen LogP contribution is -2.57. The molecule has 1 heterocycles. The number of rotatable bonds is 4. The Morgan fingerprint density at radius 3 is 2.81 bits per heavy atom. The number of amides is 1. The molecule has 1 aromatic heterocycles. The predicted molar refractivity (Wildman–Crippen MR) is 106 cm³/mol. The van der Waals surface area contributed by atoms with Gasteiger partial charge in [-0.3, -0.25) is 4.79 Å². The van der Waals surface area contributed by atoms with Crippen molar-refractivity contribution in [1.82, 2.24) is 9.88 Å². The van der Waals surface area contributed by atoms with Gasteiger partial charge in [0, 0.05) is 29.7 Å². The molecule has 1 saturated carbocycles. The van der Waals surface area contributed by atoms with E-state index in [-0.39, 0.29) is 29.8 Å². The predicted octanol–water partition coefficient (Wildman–Crippen LogP) is 2.35. The van der Waals surface area contributed by atoms with Crippen LogP contribution in [0.15, 0.2) is 0 Å². The van der Waals surface area contributed by atoms with E-state index in [0.29, 0.717) is 19.4 Å². The fraction of sp³-hybridized carbons (Fsp3) is 0.714. The third kappa shape index (κ3) is 3.20. The molecule has 1 amide bonds. The van der Waals surface area contributed by atoms with Gasteiger partial charge in [0.1, 0.15) is 0 Å². The number of aromatic nitrogens is 1. The van der Waals surface area contributed by atoms with Gasteiger partial charge >= 0.3 is 0 Å². The van der Waals surface area contributed by atoms with Gasteiger partial charge < -0.3 is 15.1 Å². The summed E-state index contributed by atoms with van der Waals surface area (Å²) < 4.78 is 0. The van der Waals surface area contributed by atoms with Crippen LogP contribution in [0.2, 0.25) is 0 Å². The summed E-state index contributed by atoms with van der Waals surface area (Å²) in [6.45, 7) is 6.44. The van der Waals surface area contributed by atoms with Crippen molar-refractivity contribution >= 4 is 17.2 Å². The van der Waals surface area contributed by atoms with Crippen LogP contribution in [-0.2, 0) is 11.2 Å². The molecule has 0 bridgehead atoms. The zero-order chi connectivity index (χ0) is 20.0. The highest BCUT2D eigenvalue weighted by Gasteiger charge is 2.59. The zero-order valence-electron chi connectivity index (χ0n) is 16.7. The van der Waals surface area contributed by atoms with Gasteiger partial charge in [0.2, 0.25) is 5.91 Å². The van der Waals surface area contributed by atoms with Crippen molar-refractivity contribution in [3.63, 3.8) is 0 Å². The maximum Gasteiger partial charge on any atom is 0.223 e. The molecule has 0 aliphatic heterocycles. The van der Waals surface area contributed by atoms with Crippen molar-refractivity contribution in [3.8, 4) is 12.3 Å². The summed E-state index contributed by atoms with van der Waals surface area (Å²) in [7, 11) is 1.74. The Labute approximate surface area is 165 Å². The molecule has 2 N–H and O–H groups in total. The van der Waals surface area contributed by atoms with Gasteiger partial charge in [0.15, 0.2) is 0 Å². The molecule has 0 unspecified atom stereocenters. The Balaban J connectivity index is 2.04. The van der Waals surface area contributed by atoms with Crippen molar-refractivity contribution in [3.05, 3.63) is 15.6 Å². The number of fused-ring (bicyclic) bond motifs is 2. The highest BCUT2D eigenvalue weighted by atomic mass is 32.1. The molecule has 6 heteroatoms. The Bertz CT molecular complexity index is 770. The second-order valence-electron chi connectivity index (χ2n) is 8.73. The summed E-state index contributed by atoms with van der Waals surface area (Å²) in [4.78, 5) is 20.4. The molecular formula is C21H30N2O3S. The molecule has 2 aliphatic carbocycles. The van der Waals surface area contributed by atoms with Gasteiger partial charge in [-0.25, -0.2) is 4.98 Å².